The van der Waals surface area contributed by atoms with Crippen LogP contribution >= 0.6 is 0 Å². The second-order valence-electron chi connectivity index (χ2n) is 8.73. The molecule has 0 atom stereocenters. The van der Waals surface area contributed by atoms with Crippen molar-refractivity contribution in [2.75, 3.05) is 21.3 Å². The Bertz CT molecular complexity index is 1530. The highest BCUT2D eigenvalue weighted by atomic mass is 16.6. The number of benzene rings is 2. The molecule has 0 saturated heterocycles. The third-order valence-electron chi connectivity index (χ3n) is 5.97. The van der Waals surface area contributed by atoms with E-state index in [1.165, 1.54) is 33.9 Å². The summed E-state index contributed by atoms with van der Waals surface area (Å²) in [5.74, 6) is -1.05. The van der Waals surface area contributed by atoms with Gasteiger partial charge in [0.05, 0.1) is 44.6 Å². The van der Waals surface area contributed by atoms with E-state index in [9.17, 15) is 9.59 Å². The summed E-state index contributed by atoms with van der Waals surface area (Å²) >= 11 is 0. The van der Waals surface area contributed by atoms with Crippen LogP contribution in [0.2, 0.25) is 0 Å². The Morgan fingerprint density at radius 3 is 1.81 bits per heavy atom. The molecule has 3 rings (SSSR count). The van der Waals surface area contributed by atoms with E-state index in [1.807, 2.05) is 24.3 Å². The summed E-state index contributed by atoms with van der Waals surface area (Å²) in [6.07, 6.45) is 2.72. The molecule has 0 spiro atoms. The van der Waals surface area contributed by atoms with Crippen LogP contribution in [0.15, 0.2) is 84.1 Å². The molecule has 0 aliphatic carbocycles. The Hall–Kier alpha value is -5.32. The maximum atomic E-state index is 12.2. The number of carbonyl (C=O) groups excluding carboxylic acids is 2. The van der Waals surface area contributed by atoms with Crippen molar-refractivity contribution in [1.82, 2.24) is 9.97 Å². The largest absolute Gasteiger partial charge is 0.503 e. The van der Waals surface area contributed by atoms with Gasteiger partial charge in [-0.3, -0.25) is 0 Å². The topological polar surface area (TPSA) is 131 Å². The zero-order chi connectivity index (χ0) is 30.5. The monoisotopic (exact) mass is 572 g/mol. The number of hydrogen-bond donors (Lipinski definition) is 0. The predicted octanol–water partition coefficient (Wildman–Crippen LogP) is 4.70. The Balaban J connectivity index is 1.69. The molecule has 0 saturated carbocycles. The lowest BCUT2D eigenvalue weighted by atomic mass is 10.0. The molecule has 42 heavy (non-hydrogen) atoms. The second kappa shape index (κ2) is 15.5. The van der Waals surface area contributed by atoms with Crippen LogP contribution in [0.4, 0.5) is 0 Å². The van der Waals surface area contributed by atoms with Crippen molar-refractivity contribution >= 4 is 34.5 Å². The first-order valence-corrected chi connectivity index (χ1v) is 12.7. The zero-order valence-corrected chi connectivity index (χ0v) is 24.1. The normalized spacial score (nSPS) is 11.9. The van der Waals surface area contributed by atoms with Crippen molar-refractivity contribution in [3.63, 3.8) is 0 Å². The van der Waals surface area contributed by atoms with Crippen molar-refractivity contribution in [2.24, 2.45) is 10.3 Å². The summed E-state index contributed by atoms with van der Waals surface area (Å²) in [5.41, 5.74) is 5.21. The van der Waals surface area contributed by atoms with Gasteiger partial charge in [0, 0.05) is 11.1 Å². The zero-order valence-electron chi connectivity index (χ0n) is 24.1. The van der Waals surface area contributed by atoms with E-state index in [0.29, 0.717) is 39.5 Å². The molecule has 0 unspecified atom stereocenters. The number of aromatic nitrogens is 2. The lowest BCUT2D eigenvalue weighted by Gasteiger charge is -2.11. The summed E-state index contributed by atoms with van der Waals surface area (Å²) in [6.45, 7) is 7.50. The average molecular weight is 573 g/mol. The number of hydrogen-bond acceptors (Lipinski definition) is 11. The molecular weight excluding hydrogens is 540 g/mol. The van der Waals surface area contributed by atoms with Crippen molar-refractivity contribution in [1.29, 1.82) is 0 Å². The van der Waals surface area contributed by atoms with Crippen molar-refractivity contribution in [3.8, 4) is 0 Å². The minimum atomic E-state index is -0.533. The molecule has 0 N–H and O–H groups in total. The highest BCUT2D eigenvalue weighted by molar-refractivity contribution is 6.16. The maximum Gasteiger partial charge on any atom is 0.341 e. The third kappa shape index (κ3) is 8.10. The first-order chi connectivity index (χ1) is 20.3. The highest BCUT2D eigenvalue weighted by Crippen LogP contribution is 2.22. The molecule has 0 aliphatic heterocycles. The van der Waals surface area contributed by atoms with Crippen LogP contribution in [0, 0.1) is 0 Å². The molecule has 0 radical (unpaired) electrons. The molecule has 11 nitrogen and oxygen atoms in total. The van der Waals surface area contributed by atoms with Gasteiger partial charge in [-0.15, -0.1) is 0 Å². The van der Waals surface area contributed by atoms with Crippen LogP contribution in [-0.2, 0) is 46.7 Å². The molecule has 218 valence electrons. The molecule has 0 fully saturated rings. The minimum absolute atomic E-state index is 0.0850. The van der Waals surface area contributed by atoms with Gasteiger partial charge in [0.1, 0.15) is 36.5 Å². The fourth-order valence-corrected chi connectivity index (χ4v) is 3.78. The molecule has 11 heteroatoms. The summed E-state index contributed by atoms with van der Waals surface area (Å²) < 4.78 is 14.7. The molecule has 0 bridgehead atoms. The molecule has 3 aromatic rings. The quantitative estimate of drug-likeness (QED) is 0.0940. The highest BCUT2D eigenvalue weighted by Gasteiger charge is 2.17. The van der Waals surface area contributed by atoms with Gasteiger partial charge in [-0.1, -0.05) is 65.4 Å². The first kappa shape index (κ1) is 31.2. The van der Waals surface area contributed by atoms with E-state index in [0.717, 1.165) is 5.56 Å². The first-order valence-electron chi connectivity index (χ1n) is 12.7. The number of esters is 2. The number of rotatable bonds is 13. The van der Waals surface area contributed by atoms with E-state index < -0.39 is 11.9 Å². The van der Waals surface area contributed by atoms with Crippen LogP contribution < -0.4 is 0 Å². The predicted molar refractivity (Wildman–Crippen MR) is 157 cm³/mol. The molecule has 1 aromatic heterocycles. The smallest absolute Gasteiger partial charge is 0.341 e. The van der Waals surface area contributed by atoms with Gasteiger partial charge < -0.3 is 23.9 Å². The van der Waals surface area contributed by atoms with Crippen LogP contribution in [-0.4, -0.2) is 54.7 Å². The molecular formula is C31H32N4O7. The van der Waals surface area contributed by atoms with Gasteiger partial charge in [0.25, 0.3) is 0 Å². The summed E-state index contributed by atoms with van der Waals surface area (Å²) in [7, 11) is 4.06. The van der Waals surface area contributed by atoms with Gasteiger partial charge in [-0.2, -0.15) is 0 Å². The molecule has 1 heterocycles. The van der Waals surface area contributed by atoms with Crippen LogP contribution in [0.5, 0.6) is 0 Å². The van der Waals surface area contributed by atoms with Crippen LogP contribution in [0.3, 0.4) is 0 Å². The fraction of sp³-hybridized carbons (Fsp3) is 0.226. The van der Waals surface area contributed by atoms with Gasteiger partial charge in [0.15, 0.2) is 0 Å². The standard InChI is InChI=1S/C31H32N4O7/c1-20(30(36)39-5)25-13-9-7-11-23(25)16-41-34-21(2)28-15-29(33-19-32-28)22(3)35-42-17-24-12-8-10-14-26(24)27(18-38-4)31(37)40-6/h7-15,18-19H,1,16-17H2,2-6H3/b27-18-,34-21+,35-22+. The summed E-state index contributed by atoms with van der Waals surface area (Å²) in [5, 5.41) is 8.37. The fourth-order valence-electron chi connectivity index (χ4n) is 3.78. The lowest BCUT2D eigenvalue weighted by molar-refractivity contribution is -0.134. The maximum absolute atomic E-state index is 12.2. The summed E-state index contributed by atoms with van der Waals surface area (Å²) in [6, 6.07) is 16.1. The van der Waals surface area contributed by atoms with Gasteiger partial charge in [-0.25, -0.2) is 19.6 Å². The number of carbonyl (C=O) groups is 2. The van der Waals surface area contributed by atoms with E-state index >= 15 is 0 Å². The van der Waals surface area contributed by atoms with E-state index in [2.05, 4.69) is 26.9 Å². The van der Waals surface area contributed by atoms with Crippen LogP contribution in [0.25, 0.3) is 11.1 Å². The van der Waals surface area contributed by atoms with Crippen molar-refractivity contribution < 1.29 is 33.5 Å². The van der Waals surface area contributed by atoms with E-state index in [1.54, 1.807) is 44.2 Å². The second-order valence-corrected chi connectivity index (χ2v) is 8.73. The van der Waals surface area contributed by atoms with Gasteiger partial charge in [-0.05, 0) is 31.0 Å². The summed E-state index contributed by atoms with van der Waals surface area (Å²) in [4.78, 5) is 43.9. The number of nitrogens with zero attached hydrogens (tertiary/aromatic N) is 4. The Morgan fingerprint density at radius 2 is 1.29 bits per heavy atom. The third-order valence-corrected chi connectivity index (χ3v) is 5.97. The number of ether oxygens (including phenoxy) is 3. The van der Waals surface area contributed by atoms with E-state index in [-0.39, 0.29) is 24.4 Å². The van der Waals surface area contributed by atoms with Gasteiger partial charge >= 0.3 is 11.9 Å². The van der Waals surface area contributed by atoms with Crippen molar-refractivity contribution in [3.05, 3.63) is 107 Å². The molecule has 0 aliphatic rings. The Morgan fingerprint density at radius 1 is 0.786 bits per heavy atom. The number of methoxy groups -OCH3 is 3. The number of oxime groups is 2. The van der Waals surface area contributed by atoms with Gasteiger partial charge in [0.2, 0.25) is 0 Å². The Labute approximate surface area is 244 Å². The Kier molecular flexibility index (Phi) is 11.5. The minimum Gasteiger partial charge on any atom is -0.503 e. The molecule has 2 aromatic carbocycles. The average Bonchev–Trinajstić information content (AvgIpc) is 3.03. The van der Waals surface area contributed by atoms with Crippen molar-refractivity contribution in [2.45, 2.75) is 27.1 Å². The SMILES string of the molecule is C=C(C(=O)OC)c1ccccc1CO/N=C(\C)c1cc(/C(C)=N/OCc2ccccc2/C(=C/OC)C(=O)OC)ncn1. The van der Waals surface area contributed by atoms with Crippen LogP contribution in [0.1, 0.15) is 47.5 Å². The van der Waals surface area contributed by atoms with E-state index in [4.69, 9.17) is 23.9 Å². The lowest BCUT2D eigenvalue weighted by Crippen LogP contribution is -2.08. The molecule has 0 amide bonds.